The summed E-state index contributed by atoms with van der Waals surface area (Å²) in [7, 11) is 0. The van der Waals surface area contributed by atoms with Crippen LogP contribution in [-0.2, 0) is 9.53 Å². The molecule has 2 N–H and O–H groups in total. The Morgan fingerprint density at radius 1 is 1.27 bits per heavy atom. The highest BCUT2D eigenvalue weighted by molar-refractivity contribution is 7.10. The van der Waals surface area contributed by atoms with Gasteiger partial charge in [-0.15, -0.1) is 11.3 Å². The number of nitrogens with one attached hydrogen (secondary N) is 2. The molecule has 1 aromatic carbocycles. The molecular weight excluding hydrogens is 348 g/mol. The molecule has 3 rings (SSSR count). The number of esters is 1. The summed E-state index contributed by atoms with van der Waals surface area (Å²) < 4.78 is 5.16. The third kappa shape index (κ3) is 4.71. The van der Waals surface area contributed by atoms with Crippen LogP contribution in [0.2, 0.25) is 0 Å². The molecule has 1 aliphatic rings. The highest BCUT2D eigenvalue weighted by Gasteiger charge is 2.32. The topological polar surface area (TPSA) is 59.8 Å². The first-order valence-electron chi connectivity index (χ1n) is 9.02. The van der Waals surface area contributed by atoms with Gasteiger partial charge in [0.15, 0.2) is 6.54 Å². The molecule has 0 spiro atoms. The molecular formula is C20H25N2O3S+. The van der Waals surface area contributed by atoms with Gasteiger partial charge in [0.1, 0.15) is 6.04 Å². The number of thiophene rings is 1. The molecule has 1 aromatic heterocycles. The van der Waals surface area contributed by atoms with Crippen molar-refractivity contribution >= 4 is 28.9 Å². The van der Waals surface area contributed by atoms with E-state index in [4.69, 9.17) is 4.74 Å². The lowest BCUT2D eigenvalue weighted by Gasteiger charge is -2.20. The Morgan fingerprint density at radius 3 is 2.69 bits per heavy atom. The SMILES string of the molecule is CC(C)OC(=O)c1ccc(NC(=O)C[NH+]2CCC[C@H]2c2cccs2)cc1. The van der Waals surface area contributed by atoms with E-state index < -0.39 is 0 Å². The summed E-state index contributed by atoms with van der Waals surface area (Å²) in [6.07, 6.45) is 2.13. The van der Waals surface area contributed by atoms with Crippen LogP contribution >= 0.6 is 11.3 Å². The number of hydrogen-bond acceptors (Lipinski definition) is 4. The summed E-state index contributed by atoms with van der Waals surface area (Å²) in [5.74, 6) is -0.348. The zero-order valence-corrected chi connectivity index (χ0v) is 16.0. The maximum atomic E-state index is 12.4. The van der Waals surface area contributed by atoms with Crippen molar-refractivity contribution in [2.75, 3.05) is 18.4 Å². The molecule has 6 heteroatoms. The largest absolute Gasteiger partial charge is 0.459 e. The van der Waals surface area contributed by atoms with E-state index in [1.54, 1.807) is 35.6 Å². The van der Waals surface area contributed by atoms with Crippen LogP contribution in [0.4, 0.5) is 5.69 Å². The number of benzene rings is 1. The van der Waals surface area contributed by atoms with E-state index in [0.717, 1.165) is 19.4 Å². The average Bonchev–Trinajstić information content (AvgIpc) is 3.25. The maximum Gasteiger partial charge on any atom is 0.338 e. The molecule has 1 amide bonds. The molecule has 0 saturated carbocycles. The van der Waals surface area contributed by atoms with Crippen LogP contribution in [-0.4, -0.2) is 31.1 Å². The number of quaternary nitrogens is 1. The number of carbonyl (C=O) groups excluding carboxylic acids is 2. The van der Waals surface area contributed by atoms with E-state index in [9.17, 15) is 9.59 Å². The van der Waals surface area contributed by atoms with Gasteiger partial charge in [0.05, 0.1) is 23.1 Å². The van der Waals surface area contributed by atoms with Crippen LogP contribution in [0.3, 0.4) is 0 Å². The van der Waals surface area contributed by atoms with Crippen molar-refractivity contribution in [2.45, 2.75) is 38.8 Å². The Kier molecular flexibility index (Phi) is 6.06. The molecule has 2 heterocycles. The van der Waals surface area contributed by atoms with E-state index in [1.807, 2.05) is 13.8 Å². The van der Waals surface area contributed by atoms with Gasteiger partial charge in [0, 0.05) is 18.5 Å². The highest BCUT2D eigenvalue weighted by atomic mass is 32.1. The smallest absolute Gasteiger partial charge is 0.338 e. The van der Waals surface area contributed by atoms with Gasteiger partial charge in [-0.05, 0) is 49.6 Å². The van der Waals surface area contributed by atoms with E-state index >= 15 is 0 Å². The van der Waals surface area contributed by atoms with Crippen LogP contribution in [0, 0.1) is 0 Å². The second-order valence-corrected chi connectivity index (χ2v) is 7.85. The van der Waals surface area contributed by atoms with E-state index in [0.29, 0.717) is 23.8 Å². The minimum atomic E-state index is -0.349. The molecule has 5 nitrogen and oxygen atoms in total. The fraction of sp³-hybridized carbons (Fsp3) is 0.400. The molecule has 0 bridgehead atoms. The molecule has 1 aliphatic heterocycles. The van der Waals surface area contributed by atoms with Gasteiger partial charge >= 0.3 is 5.97 Å². The normalized spacial score (nSPS) is 19.5. The lowest BCUT2D eigenvalue weighted by atomic mass is 10.2. The standard InChI is InChI=1S/C20H24N2O3S/c1-14(2)25-20(24)15-7-9-16(10-8-15)21-19(23)13-22-11-3-5-17(22)18-6-4-12-26-18/h4,6-10,12,14,17H,3,5,11,13H2,1-2H3,(H,21,23)/p+1/t17-/m0/s1. The van der Waals surface area contributed by atoms with Gasteiger partial charge in [-0.25, -0.2) is 4.79 Å². The van der Waals surface area contributed by atoms with Gasteiger partial charge in [-0.2, -0.15) is 0 Å². The Balaban J connectivity index is 1.55. The van der Waals surface area contributed by atoms with Gasteiger partial charge in [-0.1, -0.05) is 6.07 Å². The lowest BCUT2D eigenvalue weighted by Crippen LogP contribution is -3.11. The summed E-state index contributed by atoms with van der Waals surface area (Å²) in [4.78, 5) is 27.0. The van der Waals surface area contributed by atoms with Crippen molar-refractivity contribution in [2.24, 2.45) is 0 Å². The Morgan fingerprint density at radius 2 is 2.04 bits per heavy atom. The van der Waals surface area contributed by atoms with Gasteiger partial charge in [-0.3, -0.25) is 4.79 Å². The Bertz CT molecular complexity index is 741. The molecule has 1 saturated heterocycles. The lowest BCUT2D eigenvalue weighted by molar-refractivity contribution is -0.910. The molecule has 0 aliphatic carbocycles. The summed E-state index contributed by atoms with van der Waals surface area (Å²) in [6.45, 7) is 5.11. The third-order valence-corrected chi connectivity index (χ3v) is 5.49. The number of carbonyl (C=O) groups is 2. The first-order chi connectivity index (χ1) is 12.5. The molecule has 138 valence electrons. The zero-order chi connectivity index (χ0) is 18.5. The van der Waals surface area contributed by atoms with Gasteiger partial charge in [0.25, 0.3) is 5.91 Å². The van der Waals surface area contributed by atoms with Crippen molar-refractivity contribution in [1.82, 2.24) is 0 Å². The van der Waals surface area contributed by atoms with Crippen LogP contribution < -0.4 is 10.2 Å². The van der Waals surface area contributed by atoms with Crippen LogP contribution in [0.5, 0.6) is 0 Å². The van der Waals surface area contributed by atoms with Crippen molar-refractivity contribution in [1.29, 1.82) is 0 Å². The molecule has 1 fully saturated rings. The number of anilines is 1. The monoisotopic (exact) mass is 373 g/mol. The van der Waals surface area contributed by atoms with Crippen LogP contribution in [0.25, 0.3) is 0 Å². The third-order valence-electron chi connectivity index (χ3n) is 4.50. The summed E-state index contributed by atoms with van der Waals surface area (Å²) in [6, 6.07) is 11.5. The van der Waals surface area contributed by atoms with Crippen molar-refractivity contribution in [3.63, 3.8) is 0 Å². The number of amides is 1. The molecule has 2 aromatic rings. The van der Waals surface area contributed by atoms with Crippen LogP contribution in [0.1, 0.15) is 48.0 Å². The first-order valence-corrected chi connectivity index (χ1v) is 9.90. The van der Waals surface area contributed by atoms with Crippen molar-refractivity contribution in [3.8, 4) is 0 Å². The number of ether oxygens (including phenoxy) is 1. The second kappa shape index (κ2) is 8.47. The highest BCUT2D eigenvalue weighted by Crippen LogP contribution is 2.23. The molecule has 1 unspecified atom stereocenters. The summed E-state index contributed by atoms with van der Waals surface area (Å²) in [5, 5.41) is 5.03. The van der Waals surface area contributed by atoms with Crippen molar-refractivity contribution in [3.05, 3.63) is 52.2 Å². The Labute approximate surface area is 158 Å². The summed E-state index contributed by atoms with van der Waals surface area (Å²) >= 11 is 1.77. The predicted octanol–water partition coefficient (Wildman–Crippen LogP) is 2.67. The zero-order valence-electron chi connectivity index (χ0n) is 15.2. The van der Waals surface area contributed by atoms with Crippen molar-refractivity contribution < 1.29 is 19.2 Å². The van der Waals surface area contributed by atoms with E-state index in [-0.39, 0.29) is 18.0 Å². The minimum absolute atomic E-state index is 0.000892. The number of likely N-dealkylation sites (tertiary alicyclic amines) is 1. The number of rotatable bonds is 6. The fourth-order valence-electron chi connectivity index (χ4n) is 3.34. The quantitative estimate of drug-likeness (QED) is 0.766. The summed E-state index contributed by atoms with van der Waals surface area (Å²) in [5.41, 5.74) is 1.18. The average molecular weight is 373 g/mol. The Hall–Kier alpha value is -2.18. The second-order valence-electron chi connectivity index (χ2n) is 6.87. The predicted molar refractivity (Wildman–Crippen MR) is 103 cm³/mol. The fourth-order valence-corrected chi connectivity index (χ4v) is 4.26. The molecule has 0 radical (unpaired) electrons. The minimum Gasteiger partial charge on any atom is -0.459 e. The number of hydrogen-bond donors (Lipinski definition) is 2. The van der Waals surface area contributed by atoms with Gasteiger partial charge in [0.2, 0.25) is 0 Å². The first kappa shape index (κ1) is 18.6. The van der Waals surface area contributed by atoms with Gasteiger partial charge < -0.3 is 15.0 Å². The van der Waals surface area contributed by atoms with E-state index in [1.165, 1.54) is 9.78 Å². The van der Waals surface area contributed by atoms with E-state index in [2.05, 4.69) is 22.8 Å². The maximum absolute atomic E-state index is 12.4. The molecule has 2 atom stereocenters. The molecule has 26 heavy (non-hydrogen) atoms. The van der Waals surface area contributed by atoms with Crippen LogP contribution in [0.15, 0.2) is 41.8 Å².